The molecular weight excluding hydrogens is 307 g/mol. The van der Waals surface area contributed by atoms with Crippen molar-refractivity contribution in [3.05, 3.63) is 46.5 Å². The molecule has 0 saturated heterocycles. The van der Waals surface area contributed by atoms with Gasteiger partial charge in [0.1, 0.15) is 10.7 Å². The second-order valence-electron chi connectivity index (χ2n) is 4.01. The summed E-state index contributed by atoms with van der Waals surface area (Å²) in [7, 11) is -4.03. The molecule has 0 radical (unpaired) electrons. The predicted molar refractivity (Wildman–Crippen MR) is 71.9 cm³/mol. The number of aromatic amines is 1. The SMILES string of the molecule is NCc1cc(Cl)cc(S(=O)(=O)NCc2cn[nH]c2)c1F. The van der Waals surface area contributed by atoms with Gasteiger partial charge >= 0.3 is 0 Å². The molecule has 2 aromatic rings. The molecule has 108 valence electrons. The maximum absolute atomic E-state index is 14.0. The summed E-state index contributed by atoms with van der Waals surface area (Å²) in [5.74, 6) is -0.892. The predicted octanol–water partition coefficient (Wildman–Crippen LogP) is 1.14. The van der Waals surface area contributed by atoms with E-state index in [9.17, 15) is 12.8 Å². The van der Waals surface area contributed by atoms with Crippen molar-refractivity contribution in [3.63, 3.8) is 0 Å². The molecule has 1 heterocycles. The van der Waals surface area contributed by atoms with Crippen LogP contribution in [0.5, 0.6) is 0 Å². The zero-order chi connectivity index (χ0) is 14.8. The number of benzene rings is 1. The fourth-order valence-electron chi connectivity index (χ4n) is 1.59. The lowest BCUT2D eigenvalue weighted by Gasteiger charge is -2.10. The van der Waals surface area contributed by atoms with E-state index in [1.807, 2.05) is 0 Å². The van der Waals surface area contributed by atoms with E-state index in [-0.39, 0.29) is 23.7 Å². The Bertz CT molecular complexity index is 703. The molecule has 6 nitrogen and oxygen atoms in total. The van der Waals surface area contributed by atoms with Gasteiger partial charge in [0, 0.05) is 35.4 Å². The summed E-state index contributed by atoms with van der Waals surface area (Å²) >= 11 is 5.78. The number of H-pyrrole nitrogens is 1. The average Bonchev–Trinajstić information content (AvgIpc) is 2.92. The Balaban J connectivity index is 2.31. The average molecular weight is 319 g/mol. The minimum Gasteiger partial charge on any atom is -0.326 e. The highest BCUT2D eigenvalue weighted by atomic mass is 35.5. The third-order valence-electron chi connectivity index (χ3n) is 2.61. The molecule has 0 fully saturated rings. The third kappa shape index (κ3) is 3.15. The molecule has 0 bridgehead atoms. The molecular formula is C11H12ClFN4O2S. The molecule has 0 aliphatic carbocycles. The monoisotopic (exact) mass is 318 g/mol. The zero-order valence-corrected chi connectivity index (χ0v) is 11.8. The highest BCUT2D eigenvalue weighted by Gasteiger charge is 2.22. The van der Waals surface area contributed by atoms with Crippen LogP contribution in [0.4, 0.5) is 4.39 Å². The number of hydrogen-bond donors (Lipinski definition) is 3. The molecule has 1 aromatic heterocycles. The topological polar surface area (TPSA) is 101 Å². The quantitative estimate of drug-likeness (QED) is 0.769. The van der Waals surface area contributed by atoms with E-state index in [2.05, 4.69) is 14.9 Å². The van der Waals surface area contributed by atoms with E-state index >= 15 is 0 Å². The van der Waals surface area contributed by atoms with E-state index in [1.54, 1.807) is 0 Å². The molecule has 0 amide bonds. The van der Waals surface area contributed by atoms with Crippen molar-refractivity contribution in [2.75, 3.05) is 0 Å². The number of hydrogen-bond acceptors (Lipinski definition) is 4. The first-order valence-corrected chi connectivity index (χ1v) is 7.45. The molecule has 0 spiro atoms. The minimum atomic E-state index is -4.03. The van der Waals surface area contributed by atoms with Crippen LogP contribution < -0.4 is 10.5 Å². The van der Waals surface area contributed by atoms with Gasteiger partial charge in [-0.2, -0.15) is 5.10 Å². The number of nitrogens with two attached hydrogens (primary N) is 1. The van der Waals surface area contributed by atoms with Crippen molar-refractivity contribution in [3.8, 4) is 0 Å². The lowest BCUT2D eigenvalue weighted by Crippen LogP contribution is -2.24. The largest absolute Gasteiger partial charge is 0.326 e. The number of nitrogens with zero attached hydrogens (tertiary/aromatic N) is 1. The Morgan fingerprint density at radius 3 is 2.80 bits per heavy atom. The zero-order valence-electron chi connectivity index (χ0n) is 10.2. The molecule has 2 rings (SSSR count). The third-order valence-corrected chi connectivity index (χ3v) is 4.23. The fraction of sp³-hybridized carbons (Fsp3) is 0.182. The molecule has 4 N–H and O–H groups in total. The summed E-state index contributed by atoms with van der Waals surface area (Å²) in [5, 5.41) is 6.34. The Hall–Kier alpha value is -1.48. The highest BCUT2D eigenvalue weighted by Crippen LogP contribution is 2.23. The van der Waals surface area contributed by atoms with Crippen molar-refractivity contribution in [2.24, 2.45) is 5.73 Å². The second kappa shape index (κ2) is 5.88. The van der Waals surface area contributed by atoms with Gasteiger partial charge in [-0.15, -0.1) is 0 Å². The summed E-state index contributed by atoms with van der Waals surface area (Å²) in [5.41, 5.74) is 6.02. The molecule has 20 heavy (non-hydrogen) atoms. The second-order valence-corrected chi connectivity index (χ2v) is 6.18. The summed E-state index contributed by atoms with van der Waals surface area (Å²) < 4.78 is 40.5. The normalized spacial score (nSPS) is 11.8. The van der Waals surface area contributed by atoms with Gasteiger partial charge in [0.2, 0.25) is 10.0 Å². The number of nitrogens with one attached hydrogen (secondary N) is 2. The molecule has 0 saturated carbocycles. The summed E-state index contributed by atoms with van der Waals surface area (Å²) in [6.45, 7) is -0.153. The van der Waals surface area contributed by atoms with Crippen molar-refractivity contribution >= 4 is 21.6 Å². The van der Waals surface area contributed by atoms with Gasteiger partial charge in [-0.25, -0.2) is 17.5 Å². The van der Waals surface area contributed by atoms with E-state index in [0.29, 0.717) is 5.56 Å². The van der Waals surface area contributed by atoms with Gasteiger partial charge in [-0.3, -0.25) is 5.10 Å². The van der Waals surface area contributed by atoms with E-state index in [4.69, 9.17) is 17.3 Å². The molecule has 1 aromatic carbocycles. The number of rotatable bonds is 5. The Kier molecular flexibility index (Phi) is 4.39. The molecule has 0 aliphatic heterocycles. The number of halogens is 2. The van der Waals surface area contributed by atoms with Crippen LogP contribution in [0.25, 0.3) is 0 Å². The van der Waals surface area contributed by atoms with Gasteiger partial charge in [0.15, 0.2) is 0 Å². The van der Waals surface area contributed by atoms with Gasteiger partial charge in [-0.1, -0.05) is 11.6 Å². The van der Waals surface area contributed by atoms with E-state index in [0.717, 1.165) is 6.07 Å². The van der Waals surface area contributed by atoms with E-state index < -0.39 is 20.7 Å². The highest BCUT2D eigenvalue weighted by molar-refractivity contribution is 7.89. The van der Waals surface area contributed by atoms with Gasteiger partial charge in [-0.05, 0) is 12.1 Å². The minimum absolute atomic E-state index is 0.0112. The number of sulfonamides is 1. The van der Waals surface area contributed by atoms with Crippen LogP contribution in [-0.4, -0.2) is 18.6 Å². The van der Waals surface area contributed by atoms with Gasteiger partial charge < -0.3 is 5.73 Å². The van der Waals surface area contributed by atoms with Crippen molar-refractivity contribution in [1.82, 2.24) is 14.9 Å². The molecule has 0 unspecified atom stereocenters. The van der Waals surface area contributed by atoms with Crippen molar-refractivity contribution in [2.45, 2.75) is 18.0 Å². The first-order valence-electron chi connectivity index (χ1n) is 5.59. The van der Waals surface area contributed by atoms with Crippen LogP contribution in [-0.2, 0) is 23.1 Å². The molecule has 0 aliphatic rings. The maximum atomic E-state index is 14.0. The first kappa shape index (κ1) is 14.9. The van der Waals surface area contributed by atoms with Crippen molar-refractivity contribution < 1.29 is 12.8 Å². The van der Waals surface area contributed by atoms with Crippen molar-refractivity contribution in [1.29, 1.82) is 0 Å². The summed E-state index contributed by atoms with van der Waals surface area (Å²) in [4.78, 5) is -0.519. The number of aromatic nitrogens is 2. The van der Waals surface area contributed by atoms with Gasteiger partial charge in [0.25, 0.3) is 0 Å². The fourth-order valence-corrected chi connectivity index (χ4v) is 3.06. The van der Waals surface area contributed by atoms with Crippen LogP contribution in [0.3, 0.4) is 0 Å². The maximum Gasteiger partial charge on any atom is 0.243 e. The van der Waals surface area contributed by atoms with Gasteiger partial charge in [0.05, 0.1) is 6.20 Å². The lowest BCUT2D eigenvalue weighted by atomic mass is 10.2. The Morgan fingerprint density at radius 2 is 2.20 bits per heavy atom. The Morgan fingerprint density at radius 1 is 1.45 bits per heavy atom. The standard InChI is InChI=1S/C11H12ClFN4O2S/c12-9-1-8(3-14)11(13)10(2-9)20(18,19)17-6-7-4-15-16-5-7/h1-2,4-5,17H,3,6,14H2,(H,15,16). The van der Waals surface area contributed by atoms with Crippen LogP contribution in [0.15, 0.2) is 29.4 Å². The Labute approximate surface area is 120 Å². The summed E-state index contributed by atoms with van der Waals surface area (Å²) in [6, 6.07) is 2.35. The lowest BCUT2D eigenvalue weighted by molar-refractivity contribution is 0.549. The molecule has 0 atom stereocenters. The smallest absolute Gasteiger partial charge is 0.243 e. The first-order chi connectivity index (χ1) is 9.44. The summed E-state index contributed by atoms with van der Waals surface area (Å²) in [6.07, 6.45) is 2.99. The van der Waals surface area contributed by atoms with Crippen LogP contribution in [0.2, 0.25) is 5.02 Å². The van der Waals surface area contributed by atoms with Crippen LogP contribution in [0.1, 0.15) is 11.1 Å². The molecule has 9 heteroatoms. The van der Waals surface area contributed by atoms with E-state index in [1.165, 1.54) is 18.5 Å². The van der Waals surface area contributed by atoms with Crippen LogP contribution in [0, 0.1) is 5.82 Å². The van der Waals surface area contributed by atoms with Crippen LogP contribution >= 0.6 is 11.6 Å².